The second-order valence-corrected chi connectivity index (χ2v) is 5.76. The molecule has 0 bridgehead atoms. The number of aliphatic hydroxyl groups is 1. The van der Waals surface area contributed by atoms with Crippen molar-refractivity contribution in [2.75, 3.05) is 13.2 Å². The van der Waals surface area contributed by atoms with Crippen molar-refractivity contribution in [2.24, 2.45) is 0 Å². The number of carbonyl (C=O) groups excluding carboxylic acids is 1. The first kappa shape index (κ1) is 15.6. The Morgan fingerprint density at radius 2 is 2.13 bits per heavy atom. The number of rotatable bonds is 7. The molecule has 1 aromatic heterocycles. The molecule has 2 aromatic rings. The highest BCUT2D eigenvalue weighted by molar-refractivity contribution is 5.74. The Bertz CT molecular complexity index is 637. The van der Waals surface area contributed by atoms with Crippen LogP contribution in [-0.4, -0.2) is 44.8 Å². The quantitative estimate of drug-likeness (QED) is 0.815. The zero-order valence-corrected chi connectivity index (χ0v) is 13.1. The van der Waals surface area contributed by atoms with E-state index >= 15 is 0 Å². The van der Waals surface area contributed by atoms with E-state index in [1.54, 1.807) is 11.1 Å². The third kappa shape index (κ3) is 4.10. The smallest absolute Gasteiger partial charge is 0.318 e. The predicted octanol–water partition coefficient (Wildman–Crippen LogP) is 1.60. The van der Waals surface area contributed by atoms with Gasteiger partial charge in [0.1, 0.15) is 5.82 Å². The van der Waals surface area contributed by atoms with Crippen LogP contribution in [0.2, 0.25) is 0 Å². The molecule has 0 saturated heterocycles. The summed E-state index contributed by atoms with van der Waals surface area (Å²) < 4.78 is 2.03. The van der Waals surface area contributed by atoms with Crippen molar-refractivity contribution >= 4 is 6.03 Å². The average molecular weight is 314 g/mol. The van der Waals surface area contributed by atoms with Gasteiger partial charge in [-0.25, -0.2) is 9.78 Å². The topological polar surface area (TPSA) is 70.4 Å². The summed E-state index contributed by atoms with van der Waals surface area (Å²) >= 11 is 0. The van der Waals surface area contributed by atoms with Gasteiger partial charge < -0.3 is 19.9 Å². The molecule has 2 N–H and O–H groups in total. The highest BCUT2D eigenvalue weighted by atomic mass is 16.3. The molecule has 0 unspecified atom stereocenters. The Morgan fingerprint density at radius 3 is 2.83 bits per heavy atom. The van der Waals surface area contributed by atoms with E-state index in [4.69, 9.17) is 5.11 Å². The number of benzene rings is 1. The van der Waals surface area contributed by atoms with Crippen LogP contribution in [0, 0.1) is 0 Å². The molecule has 1 aliphatic carbocycles. The Hall–Kier alpha value is -2.34. The van der Waals surface area contributed by atoms with Crippen molar-refractivity contribution in [3.63, 3.8) is 0 Å². The minimum atomic E-state index is -0.129. The summed E-state index contributed by atoms with van der Waals surface area (Å²) in [6.45, 7) is 1.49. The molecule has 0 atom stereocenters. The largest absolute Gasteiger partial charge is 0.395 e. The number of amides is 2. The Balaban J connectivity index is 1.58. The number of aliphatic hydroxyl groups excluding tert-OH is 1. The second-order valence-electron chi connectivity index (χ2n) is 5.76. The molecule has 0 aliphatic heterocycles. The van der Waals surface area contributed by atoms with Crippen molar-refractivity contribution in [3.8, 4) is 0 Å². The summed E-state index contributed by atoms with van der Waals surface area (Å²) in [5, 5.41) is 12.0. The Morgan fingerprint density at radius 1 is 1.35 bits per heavy atom. The van der Waals surface area contributed by atoms with Gasteiger partial charge in [-0.15, -0.1) is 0 Å². The number of hydrogen-bond donors (Lipinski definition) is 2. The molecule has 0 radical (unpaired) electrons. The van der Waals surface area contributed by atoms with E-state index in [0.29, 0.717) is 13.1 Å². The van der Waals surface area contributed by atoms with Gasteiger partial charge in [-0.3, -0.25) is 0 Å². The average Bonchev–Trinajstić information content (AvgIpc) is 3.32. The normalized spacial score (nSPS) is 13.8. The summed E-state index contributed by atoms with van der Waals surface area (Å²) in [5.74, 6) is 0.821. The number of carbonyl (C=O) groups is 1. The summed E-state index contributed by atoms with van der Waals surface area (Å²) in [7, 11) is 0. The molecule has 1 heterocycles. The van der Waals surface area contributed by atoms with Crippen LogP contribution in [0.15, 0.2) is 42.7 Å². The van der Waals surface area contributed by atoms with E-state index in [1.807, 2.05) is 29.0 Å². The van der Waals surface area contributed by atoms with Gasteiger partial charge in [-0.2, -0.15) is 0 Å². The molecule has 0 spiro atoms. The lowest BCUT2D eigenvalue weighted by Crippen LogP contribution is -2.42. The predicted molar refractivity (Wildman–Crippen MR) is 86.8 cm³/mol. The maximum atomic E-state index is 12.2. The van der Waals surface area contributed by atoms with Gasteiger partial charge in [-0.05, 0) is 18.4 Å². The number of nitrogens with zero attached hydrogens (tertiary/aromatic N) is 3. The molecule has 2 amide bonds. The van der Waals surface area contributed by atoms with E-state index in [1.165, 1.54) is 5.56 Å². The fourth-order valence-electron chi connectivity index (χ4n) is 2.63. The van der Waals surface area contributed by atoms with Crippen LogP contribution in [0.4, 0.5) is 4.79 Å². The molecule has 6 nitrogen and oxygen atoms in total. The molecular weight excluding hydrogens is 292 g/mol. The fourth-order valence-corrected chi connectivity index (χ4v) is 2.63. The first-order chi connectivity index (χ1) is 11.3. The van der Waals surface area contributed by atoms with Crippen LogP contribution in [0.5, 0.6) is 0 Å². The molecule has 6 heteroatoms. The minimum Gasteiger partial charge on any atom is -0.395 e. The monoisotopic (exact) mass is 314 g/mol. The summed E-state index contributed by atoms with van der Waals surface area (Å²) in [5.41, 5.74) is 1.19. The highest BCUT2D eigenvalue weighted by Gasteiger charge is 2.32. The van der Waals surface area contributed by atoms with Crippen LogP contribution in [0.25, 0.3) is 0 Å². The van der Waals surface area contributed by atoms with E-state index in [0.717, 1.165) is 25.2 Å². The molecule has 3 rings (SSSR count). The zero-order chi connectivity index (χ0) is 16.1. The maximum absolute atomic E-state index is 12.2. The van der Waals surface area contributed by atoms with E-state index in [2.05, 4.69) is 22.4 Å². The van der Waals surface area contributed by atoms with Gasteiger partial charge in [0.15, 0.2) is 0 Å². The molecule has 23 heavy (non-hydrogen) atoms. The number of hydrogen-bond acceptors (Lipinski definition) is 3. The number of nitrogens with one attached hydrogen (secondary N) is 1. The van der Waals surface area contributed by atoms with Crippen molar-refractivity contribution in [3.05, 3.63) is 54.1 Å². The van der Waals surface area contributed by atoms with Crippen molar-refractivity contribution in [1.29, 1.82) is 0 Å². The minimum absolute atomic E-state index is 0.00739. The molecule has 1 saturated carbocycles. The van der Waals surface area contributed by atoms with Crippen LogP contribution in [-0.2, 0) is 13.1 Å². The summed E-state index contributed by atoms with van der Waals surface area (Å²) in [6.07, 6.45) is 5.71. The van der Waals surface area contributed by atoms with Gasteiger partial charge in [0.25, 0.3) is 0 Å². The van der Waals surface area contributed by atoms with Crippen LogP contribution >= 0.6 is 0 Å². The third-order valence-electron chi connectivity index (χ3n) is 3.98. The Kier molecular flexibility index (Phi) is 4.92. The molecule has 122 valence electrons. The summed E-state index contributed by atoms with van der Waals surface area (Å²) in [6, 6.07) is 10.3. The van der Waals surface area contributed by atoms with Gasteiger partial charge >= 0.3 is 6.03 Å². The van der Waals surface area contributed by atoms with Gasteiger partial charge in [0.05, 0.1) is 13.2 Å². The maximum Gasteiger partial charge on any atom is 0.318 e. The Labute approximate surface area is 135 Å². The first-order valence-corrected chi connectivity index (χ1v) is 7.97. The fraction of sp³-hybridized carbons (Fsp3) is 0.412. The molecule has 1 aromatic carbocycles. The number of aromatic nitrogens is 2. The standard InChI is InChI=1S/C17H22N4O2/c22-11-10-21(15-6-7-15)17(23)19-12-16-18-8-9-20(16)13-14-4-2-1-3-5-14/h1-5,8-9,15,22H,6-7,10-13H2,(H,19,23). The van der Waals surface area contributed by atoms with Crippen molar-refractivity contribution < 1.29 is 9.90 Å². The SMILES string of the molecule is O=C(NCc1nccn1Cc1ccccc1)N(CCO)C1CC1. The van der Waals surface area contributed by atoms with E-state index < -0.39 is 0 Å². The number of urea groups is 1. The van der Waals surface area contributed by atoms with Crippen LogP contribution < -0.4 is 5.32 Å². The van der Waals surface area contributed by atoms with Gasteiger partial charge in [-0.1, -0.05) is 30.3 Å². The van der Waals surface area contributed by atoms with Crippen molar-refractivity contribution in [1.82, 2.24) is 19.8 Å². The lowest BCUT2D eigenvalue weighted by atomic mass is 10.2. The lowest BCUT2D eigenvalue weighted by molar-refractivity contribution is 0.173. The second kappa shape index (κ2) is 7.28. The number of imidazole rings is 1. The highest BCUT2D eigenvalue weighted by Crippen LogP contribution is 2.26. The first-order valence-electron chi connectivity index (χ1n) is 7.97. The lowest BCUT2D eigenvalue weighted by Gasteiger charge is -2.21. The van der Waals surface area contributed by atoms with E-state index in [9.17, 15) is 4.79 Å². The van der Waals surface area contributed by atoms with Crippen molar-refractivity contribution in [2.45, 2.75) is 32.0 Å². The van der Waals surface area contributed by atoms with Crippen LogP contribution in [0.3, 0.4) is 0 Å². The van der Waals surface area contributed by atoms with Crippen LogP contribution in [0.1, 0.15) is 24.2 Å². The van der Waals surface area contributed by atoms with Gasteiger partial charge in [0, 0.05) is 31.5 Å². The molecule has 1 aliphatic rings. The third-order valence-corrected chi connectivity index (χ3v) is 3.98. The van der Waals surface area contributed by atoms with Gasteiger partial charge in [0.2, 0.25) is 0 Å². The zero-order valence-electron chi connectivity index (χ0n) is 13.1. The molecular formula is C17H22N4O2. The summed E-state index contributed by atoms with van der Waals surface area (Å²) in [4.78, 5) is 18.3. The molecule has 1 fully saturated rings. The van der Waals surface area contributed by atoms with E-state index in [-0.39, 0.29) is 18.7 Å².